The molecule has 10 heavy (non-hydrogen) atoms. The van der Waals surface area contributed by atoms with Gasteiger partial charge in [0.05, 0.1) is 0 Å². The smallest absolute Gasteiger partial charge is 0.291 e. The second kappa shape index (κ2) is 4.60. The fraction of sp³-hybridized carbons (Fsp3) is 0.600. The molecule has 0 unspecified atom stereocenters. The lowest BCUT2D eigenvalue weighted by atomic mass is 10.4. The molecule has 0 radical (unpaired) electrons. The van der Waals surface area contributed by atoms with Crippen LogP contribution in [0.15, 0.2) is 11.8 Å². The molecule has 0 atom stereocenters. The summed E-state index contributed by atoms with van der Waals surface area (Å²) < 4.78 is 0. The first kappa shape index (κ1) is 8.74. The van der Waals surface area contributed by atoms with E-state index in [4.69, 9.17) is 15.3 Å². The van der Waals surface area contributed by atoms with E-state index >= 15 is 0 Å². The Balaban J connectivity index is 0.000000180. The van der Waals surface area contributed by atoms with Crippen LogP contribution in [0.4, 0.5) is 0 Å². The van der Waals surface area contributed by atoms with Gasteiger partial charge < -0.3 is 10.5 Å². The summed E-state index contributed by atoms with van der Waals surface area (Å²) in [5.74, 6) is 0. The highest BCUT2D eigenvalue weighted by atomic mass is 16.9. The van der Waals surface area contributed by atoms with Gasteiger partial charge in [0.15, 0.2) is 0 Å². The molecule has 1 aliphatic heterocycles. The van der Waals surface area contributed by atoms with Crippen LogP contribution in [0.25, 0.3) is 0 Å². The lowest BCUT2D eigenvalue weighted by Crippen LogP contribution is -2.03. The molecule has 0 fully saturated rings. The molecule has 2 N–H and O–H groups in total. The third-order valence-corrected chi connectivity index (χ3v) is 0.999. The first-order chi connectivity index (χ1) is 4.63. The quantitative estimate of drug-likeness (QED) is 0.386. The Bertz CT molecular complexity index is 140. The summed E-state index contributed by atoms with van der Waals surface area (Å²) in [5.41, 5.74) is 1.33. The maximum absolute atomic E-state index is 8.36. The van der Waals surface area contributed by atoms with Gasteiger partial charge >= 0.3 is 0 Å². The van der Waals surface area contributed by atoms with Crippen LogP contribution in [-0.4, -0.2) is 16.8 Å². The van der Waals surface area contributed by atoms with Crippen LogP contribution < -0.4 is 5.32 Å². The Hall–Kier alpha value is -1.26. The summed E-state index contributed by atoms with van der Waals surface area (Å²) in [6, 6.07) is 0. The van der Waals surface area contributed by atoms with Crippen LogP contribution in [0.1, 0.15) is 13.3 Å². The minimum absolute atomic E-state index is 1.14. The maximum Gasteiger partial charge on any atom is 0.291 e. The molecule has 0 aliphatic carbocycles. The monoisotopic (exact) mass is 146 g/mol. The summed E-state index contributed by atoms with van der Waals surface area (Å²) in [5, 5.41) is 16.8. The van der Waals surface area contributed by atoms with Crippen LogP contribution >= 0.6 is 0 Å². The van der Waals surface area contributed by atoms with E-state index in [0.717, 1.165) is 6.54 Å². The SMILES string of the molecule is CC1=CCCN1.O=[N+]([O-])O. The van der Waals surface area contributed by atoms with E-state index in [1.54, 1.807) is 0 Å². The van der Waals surface area contributed by atoms with Gasteiger partial charge in [-0.1, -0.05) is 6.08 Å². The van der Waals surface area contributed by atoms with Crippen molar-refractivity contribution in [2.45, 2.75) is 13.3 Å². The highest BCUT2D eigenvalue weighted by Crippen LogP contribution is 1.96. The van der Waals surface area contributed by atoms with Gasteiger partial charge in [0.1, 0.15) is 0 Å². The molecule has 5 heteroatoms. The van der Waals surface area contributed by atoms with Crippen molar-refractivity contribution in [3.63, 3.8) is 0 Å². The number of hydrogen-bond acceptors (Lipinski definition) is 3. The fourth-order valence-corrected chi connectivity index (χ4v) is 0.630. The summed E-state index contributed by atoms with van der Waals surface area (Å²) in [6.45, 7) is 3.23. The predicted octanol–water partition coefficient (Wildman–Crippen LogP) is 0.536. The van der Waals surface area contributed by atoms with Gasteiger partial charge in [-0.15, -0.1) is 10.1 Å². The van der Waals surface area contributed by atoms with Crippen molar-refractivity contribution in [2.75, 3.05) is 6.54 Å². The number of nitrogens with zero attached hydrogens (tertiary/aromatic N) is 1. The first-order valence-corrected chi connectivity index (χ1v) is 2.87. The van der Waals surface area contributed by atoms with E-state index in [1.165, 1.54) is 12.1 Å². The highest BCUT2D eigenvalue weighted by Gasteiger charge is 1.92. The van der Waals surface area contributed by atoms with Crippen LogP contribution in [-0.2, 0) is 0 Å². The van der Waals surface area contributed by atoms with Crippen LogP contribution in [0.3, 0.4) is 0 Å². The molecule has 0 aromatic carbocycles. The summed E-state index contributed by atoms with van der Waals surface area (Å²) in [6.07, 6.45) is 3.42. The zero-order valence-electron chi connectivity index (χ0n) is 5.70. The zero-order valence-corrected chi connectivity index (χ0v) is 5.70. The Morgan fingerprint density at radius 3 is 2.50 bits per heavy atom. The molecule has 0 aromatic rings. The average molecular weight is 146 g/mol. The maximum atomic E-state index is 8.36. The molecule has 1 heterocycles. The molecule has 0 saturated carbocycles. The Labute approximate surface area is 58.5 Å². The van der Waals surface area contributed by atoms with Crippen LogP contribution in [0, 0.1) is 10.1 Å². The van der Waals surface area contributed by atoms with Gasteiger partial charge in [-0.3, -0.25) is 0 Å². The summed E-state index contributed by atoms with van der Waals surface area (Å²) in [7, 11) is 0. The molecule has 0 aromatic heterocycles. The summed E-state index contributed by atoms with van der Waals surface area (Å²) >= 11 is 0. The molecule has 0 spiro atoms. The molecule has 58 valence electrons. The first-order valence-electron chi connectivity index (χ1n) is 2.87. The lowest BCUT2D eigenvalue weighted by Gasteiger charge is -1.88. The zero-order chi connectivity index (χ0) is 7.98. The average Bonchev–Trinajstić information content (AvgIpc) is 2.15. The van der Waals surface area contributed by atoms with Crippen molar-refractivity contribution in [3.8, 4) is 0 Å². The molecule has 0 saturated heterocycles. The molecular weight excluding hydrogens is 136 g/mol. The molecule has 5 nitrogen and oxygen atoms in total. The molecular formula is C5H10N2O3. The van der Waals surface area contributed by atoms with Gasteiger partial charge in [0, 0.05) is 12.2 Å². The third-order valence-electron chi connectivity index (χ3n) is 0.999. The van der Waals surface area contributed by atoms with E-state index in [0.29, 0.717) is 0 Å². The lowest BCUT2D eigenvalue weighted by molar-refractivity contribution is -0.742. The van der Waals surface area contributed by atoms with Crippen molar-refractivity contribution < 1.29 is 10.3 Å². The van der Waals surface area contributed by atoms with Crippen molar-refractivity contribution in [3.05, 3.63) is 21.9 Å². The van der Waals surface area contributed by atoms with Crippen molar-refractivity contribution in [1.29, 1.82) is 0 Å². The van der Waals surface area contributed by atoms with E-state index in [9.17, 15) is 0 Å². The largest absolute Gasteiger partial charge is 0.389 e. The standard InChI is InChI=1S/C5H9N.HNO3/c1-5-3-2-4-6-5;2-1(3)4/h3,6H,2,4H2,1H3;(H,2,3,4). The van der Waals surface area contributed by atoms with Crippen molar-refractivity contribution >= 4 is 0 Å². The van der Waals surface area contributed by atoms with Crippen LogP contribution in [0.5, 0.6) is 0 Å². The number of nitrogens with one attached hydrogen (secondary N) is 1. The minimum Gasteiger partial charge on any atom is -0.389 e. The van der Waals surface area contributed by atoms with Gasteiger partial charge in [0.25, 0.3) is 5.09 Å². The topological polar surface area (TPSA) is 75.4 Å². The van der Waals surface area contributed by atoms with E-state index in [2.05, 4.69) is 18.3 Å². The van der Waals surface area contributed by atoms with Crippen molar-refractivity contribution in [1.82, 2.24) is 5.32 Å². The van der Waals surface area contributed by atoms with Crippen molar-refractivity contribution in [2.24, 2.45) is 0 Å². The van der Waals surface area contributed by atoms with Crippen LogP contribution in [0.2, 0.25) is 0 Å². The summed E-state index contributed by atoms with van der Waals surface area (Å²) in [4.78, 5) is 8.36. The number of hydrogen-bond donors (Lipinski definition) is 2. The molecule has 0 bridgehead atoms. The predicted molar refractivity (Wildman–Crippen MR) is 35.2 cm³/mol. The fourth-order valence-electron chi connectivity index (χ4n) is 0.630. The van der Waals surface area contributed by atoms with Gasteiger partial charge in [-0.05, 0) is 13.3 Å². The molecule has 0 amide bonds. The van der Waals surface area contributed by atoms with E-state index < -0.39 is 5.09 Å². The Morgan fingerprint density at radius 2 is 2.40 bits per heavy atom. The number of allylic oxidation sites excluding steroid dienone is 1. The second-order valence-corrected chi connectivity index (χ2v) is 1.84. The van der Waals surface area contributed by atoms with Gasteiger partial charge in [-0.25, -0.2) is 0 Å². The highest BCUT2D eigenvalue weighted by molar-refractivity contribution is 5.01. The molecule has 1 aliphatic rings. The normalized spacial score (nSPS) is 14.3. The Morgan fingerprint density at radius 1 is 1.90 bits per heavy atom. The minimum atomic E-state index is -1.50. The van der Waals surface area contributed by atoms with Gasteiger partial charge in [-0.2, -0.15) is 0 Å². The number of rotatable bonds is 0. The van der Waals surface area contributed by atoms with E-state index in [-0.39, 0.29) is 0 Å². The third kappa shape index (κ3) is 6.74. The molecule has 1 rings (SSSR count). The van der Waals surface area contributed by atoms with Gasteiger partial charge in [0.2, 0.25) is 0 Å². The Kier molecular flexibility index (Phi) is 4.02. The van der Waals surface area contributed by atoms with E-state index in [1.807, 2.05) is 0 Å². The second-order valence-electron chi connectivity index (χ2n) is 1.84.